The first-order valence-electron chi connectivity index (χ1n) is 10.9. The van der Waals surface area contributed by atoms with E-state index in [1.165, 1.54) is 29.7 Å². The van der Waals surface area contributed by atoms with Crippen molar-refractivity contribution in [2.75, 3.05) is 37.9 Å². The average molecular weight is 395 g/mol. The molecule has 1 spiro atoms. The smallest absolute Gasteiger partial charge is 0.231 e. The van der Waals surface area contributed by atoms with E-state index in [9.17, 15) is 0 Å². The molecule has 5 rings (SSSR count). The number of rotatable bonds is 7. The molecule has 3 aliphatic rings. The van der Waals surface area contributed by atoms with Gasteiger partial charge in [-0.1, -0.05) is 31.5 Å². The molecular weight excluding hydrogens is 364 g/mol. The fourth-order valence-electron chi connectivity index (χ4n) is 5.05. The standard InChI is InChI=1S/C24H30N2O3/c1-3-7-17(2)25-10-6-11-26-14-24(18-8-4-5-9-20(18)26)15-27-21-13-23-22(12-19(21)24)28-16-29-23/h4-5,8-9,12-13,17,25H,3,6-7,10-11,14-16H2,1-2H3. The van der Waals surface area contributed by atoms with E-state index >= 15 is 0 Å². The maximum atomic E-state index is 6.18. The highest BCUT2D eigenvalue weighted by Gasteiger charge is 2.50. The highest BCUT2D eigenvalue weighted by Crippen LogP contribution is 2.54. The zero-order valence-corrected chi connectivity index (χ0v) is 17.4. The van der Waals surface area contributed by atoms with Gasteiger partial charge in [0.2, 0.25) is 6.79 Å². The Kier molecular flexibility index (Phi) is 4.78. The number of hydrogen-bond donors (Lipinski definition) is 1. The van der Waals surface area contributed by atoms with E-state index < -0.39 is 0 Å². The van der Waals surface area contributed by atoms with Crippen molar-refractivity contribution in [3.8, 4) is 17.2 Å². The molecule has 0 saturated carbocycles. The van der Waals surface area contributed by atoms with Crippen molar-refractivity contribution in [3.05, 3.63) is 47.5 Å². The molecule has 2 atom stereocenters. The first kappa shape index (κ1) is 18.6. The number of hydrogen-bond acceptors (Lipinski definition) is 5. The van der Waals surface area contributed by atoms with Crippen LogP contribution >= 0.6 is 0 Å². The van der Waals surface area contributed by atoms with Crippen LogP contribution < -0.4 is 24.4 Å². The van der Waals surface area contributed by atoms with Crippen LogP contribution in [0.25, 0.3) is 0 Å². The number of benzene rings is 2. The van der Waals surface area contributed by atoms with Crippen LogP contribution in [0.3, 0.4) is 0 Å². The van der Waals surface area contributed by atoms with E-state index in [-0.39, 0.29) is 12.2 Å². The van der Waals surface area contributed by atoms with Crippen molar-refractivity contribution in [2.45, 2.75) is 44.6 Å². The molecule has 3 aliphatic heterocycles. The summed E-state index contributed by atoms with van der Waals surface area (Å²) in [5.41, 5.74) is 3.80. The first-order valence-corrected chi connectivity index (χ1v) is 10.9. The Morgan fingerprint density at radius 2 is 1.90 bits per heavy atom. The Balaban J connectivity index is 1.37. The molecule has 5 heteroatoms. The lowest BCUT2D eigenvalue weighted by Crippen LogP contribution is -2.37. The summed E-state index contributed by atoms with van der Waals surface area (Å²) in [5.74, 6) is 2.55. The van der Waals surface area contributed by atoms with Crippen LogP contribution in [0.15, 0.2) is 36.4 Å². The van der Waals surface area contributed by atoms with Crippen LogP contribution in [0.1, 0.15) is 44.2 Å². The second kappa shape index (κ2) is 7.45. The molecule has 1 N–H and O–H groups in total. The van der Waals surface area contributed by atoms with Gasteiger partial charge in [0.05, 0.1) is 5.41 Å². The predicted molar refractivity (Wildman–Crippen MR) is 114 cm³/mol. The fraction of sp³-hybridized carbons (Fsp3) is 0.500. The molecule has 0 amide bonds. The van der Waals surface area contributed by atoms with E-state index in [4.69, 9.17) is 14.2 Å². The summed E-state index contributed by atoms with van der Waals surface area (Å²) in [7, 11) is 0. The SMILES string of the molecule is CCCC(C)NCCCN1CC2(COc3cc4c(cc32)OCO4)c2ccccc21. The highest BCUT2D eigenvalue weighted by molar-refractivity contribution is 5.70. The van der Waals surface area contributed by atoms with E-state index in [1.807, 2.05) is 6.07 Å². The molecule has 0 fully saturated rings. The lowest BCUT2D eigenvalue weighted by atomic mass is 9.77. The van der Waals surface area contributed by atoms with Crippen LogP contribution in [-0.2, 0) is 5.41 Å². The highest BCUT2D eigenvalue weighted by atomic mass is 16.7. The molecule has 5 nitrogen and oxygen atoms in total. The third-order valence-corrected chi connectivity index (χ3v) is 6.50. The second-order valence-electron chi connectivity index (χ2n) is 8.51. The summed E-state index contributed by atoms with van der Waals surface area (Å²) in [6, 6.07) is 13.5. The van der Waals surface area contributed by atoms with Crippen molar-refractivity contribution in [1.29, 1.82) is 0 Å². The van der Waals surface area contributed by atoms with Crippen LogP contribution in [0.2, 0.25) is 0 Å². The second-order valence-corrected chi connectivity index (χ2v) is 8.51. The normalized spacial score (nSPS) is 21.9. The molecule has 154 valence electrons. The molecule has 0 radical (unpaired) electrons. The zero-order chi connectivity index (χ0) is 19.8. The average Bonchev–Trinajstić information content (AvgIpc) is 3.42. The van der Waals surface area contributed by atoms with Gasteiger partial charge in [-0.3, -0.25) is 0 Å². The van der Waals surface area contributed by atoms with Gasteiger partial charge in [0, 0.05) is 36.4 Å². The van der Waals surface area contributed by atoms with Gasteiger partial charge in [0.1, 0.15) is 12.4 Å². The minimum absolute atomic E-state index is 0.129. The number of ether oxygens (including phenoxy) is 3. The quantitative estimate of drug-likeness (QED) is 0.717. The van der Waals surface area contributed by atoms with E-state index in [2.05, 4.69) is 54.4 Å². The lowest BCUT2D eigenvalue weighted by Gasteiger charge is -2.25. The van der Waals surface area contributed by atoms with Crippen molar-refractivity contribution >= 4 is 5.69 Å². The van der Waals surface area contributed by atoms with Gasteiger partial charge >= 0.3 is 0 Å². The number of nitrogens with one attached hydrogen (secondary N) is 1. The summed E-state index contributed by atoms with van der Waals surface area (Å²) < 4.78 is 17.4. The van der Waals surface area contributed by atoms with Gasteiger partial charge in [-0.15, -0.1) is 0 Å². The van der Waals surface area contributed by atoms with Gasteiger partial charge in [-0.05, 0) is 44.0 Å². The number of para-hydroxylation sites is 1. The van der Waals surface area contributed by atoms with Gasteiger partial charge in [0.25, 0.3) is 0 Å². The Morgan fingerprint density at radius 3 is 2.76 bits per heavy atom. The molecular formula is C24H30N2O3. The van der Waals surface area contributed by atoms with Crippen LogP contribution in [0, 0.1) is 0 Å². The van der Waals surface area contributed by atoms with Crippen molar-refractivity contribution < 1.29 is 14.2 Å². The zero-order valence-electron chi connectivity index (χ0n) is 17.4. The molecule has 2 aromatic carbocycles. The predicted octanol–water partition coefficient (Wildman–Crippen LogP) is 4.08. The molecule has 29 heavy (non-hydrogen) atoms. The summed E-state index contributed by atoms with van der Waals surface area (Å²) in [6.07, 6.45) is 3.60. The van der Waals surface area contributed by atoms with Crippen LogP contribution in [-0.4, -0.2) is 39.1 Å². The number of nitrogens with zero attached hydrogens (tertiary/aromatic N) is 1. The molecule has 0 saturated heterocycles. The van der Waals surface area contributed by atoms with E-state index in [0.717, 1.165) is 43.3 Å². The van der Waals surface area contributed by atoms with Crippen molar-refractivity contribution in [3.63, 3.8) is 0 Å². The third kappa shape index (κ3) is 3.12. The molecule has 2 unspecified atom stereocenters. The summed E-state index contributed by atoms with van der Waals surface area (Å²) >= 11 is 0. The topological polar surface area (TPSA) is 43.0 Å². The maximum absolute atomic E-state index is 6.18. The van der Waals surface area contributed by atoms with Gasteiger partial charge in [-0.25, -0.2) is 0 Å². The largest absolute Gasteiger partial charge is 0.492 e. The lowest BCUT2D eigenvalue weighted by molar-refractivity contribution is 0.173. The van der Waals surface area contributed by atoms with Crippen molar-refractivity contribution in [1.82, 2.24) is 5.32 Å². The minimum Gasteiger partial charge on any atom is -0.492 e. The molecule has 0 bridgehead atoms. The van der Waals surface area contributed by atoms with Gasteiger partial charge in [-0.2, -0.15) is 0 Å². The Labute approximate surface area is 173 Å². The number of anilines is 1. The molecule has 0 aromatic heterocycles. The monoisotopic (exact) mass is 394 g/mol. The minimum atomic E-state index is -0.129. The summed E-state index contributed by atoms with van der Waals surface area (Å²) in [4.78, 5) is 2.53. The third-order valence-electron chi connectivity index (χ3n) is 6.50. The van der Waals surface area contributed by atoms with Crippen LogP contribution in [0.4, 0.5) is 5.69 Å². The van der Waals surface area contributed by atoms with Gasteiger partial charge in [0.15, 0.2) is 11.5 Å². The fourth-order valence-corrected chi connectivity index (χ4v) is 5.05. The van der Waals surface area contributed by atoms with Gasteiger partial charge < -0.3 is 24.4 Å². The van der Waals surface area contributed by atoms with E-state index in [0.29, 0.717) is 12.6 Å². The van der Waals surface area contributed by atoms with Crippen LogP contribution in [0.5, 0.6) is 17.2 Å². The van der Waals surface area contributed by atoms with Crippen molar-refractivity contribution in [2.24, 2.45) is 0 Å². The Bertz CT molecular complexity index is 900. The molecule has 3 heterocycles. The number of fused-ring (bicyclic) bond motifs is 5. The molecule has 0 aliphatic carbocycles. The maximum Gasteiger partial charge on any atom is 0.231 e. The summed E-state index contributed by atoms with van der Waals surface area (Å²) in [5, 5.41) is 3.65. The Hall–Kier alpha value is -2.40. The molecule has 2 aromatic rings. The first-order chi connectivity index (χ1) is 14.2. The Morgan fingerprint density at radius 1 is 1.07 bits per heavy atom. The summed E-state index contributed by atoms with van der Waals surface area (Å²) in [6.45, 7) is 8.53. The van der Waals surface area contributed by atoms with E-state index in [1.54, 1.807) is 0 Å².